The number of nitriles is 1. The fourth-order valence-corrected chi connectivity index (χ4v) is 2.34. The Kier molecular flexibility index (Phi) is 3.08. The molecule has 7 heteroatoms. The first-order valence-electron chi connectivity index (χ1n) is 6.44. The molecule has 0 amide bonds. The highest BCUT2D eigenvalue weighted by Gasteiger charge is 2.20. The lowest BCUT2D eigenvalue weighted by Gasteiger charge is -2.33. The zero-order valence-corrected chi connectivity index (χ0v) is 11.2. The van der Waals surface area contributed by atoms with Gasteiger partial charge in [0.05, 0.1) is 10.9 Å². The zero-order chi connectivity index (χ0) is 14.1. The zero-order valence-electron chi connectivity index (χ0n) is 11.2. The van der Waals surface area contributed by atoms with Crippen LogP contribution in [0.25, 0.3) is 11.0 Å². The minimum Gasteiger partial charge on any atom is -0.383 e. The Morgan fingerprint density at radius 1 is 1.25 bits per heavy atom. The largest absolute Gasteiger partial charge is 0.383 e. The molecule has 0 aliphatic carbocycles. The predicted molar refractivity (Wildman–Crippen MR) is 76.2 cm³/mol. The van der Waals surface area contributed by atoms with Crippen molar-refractivity contribution in [3.8, 4) is 6.07 Å². The summed E-state index contributed by atoms with van der Waals surface area (Å²) in [6, 6.07) is 3.92. The van der Waals surface area contributed by atoms with Crippen molar-refractivity contribution in [3.63, 3.8) is 0 Å². The Hall–Kier alpha value is -2.46. The summed E-state index contributed by atoms with van der Waals surface area (Å²) in [5.74, 6) is 1.04. The first-order valence-corrected chi connectivity index (χ1v) is 6.44. The molecular formula is C13H15N7. The molecule has 3 rings (SSSR count). The fraction of sp³-hybridized carbons (Fsp3) is 0.385. The van der Waals surface area contributed by atoms with Crippen LogP contribution in [0, 0.1) is 11.3 Å². The molecule has 0 atom stereocenters. The Morgan fingerprint density at radius 2 is 2.00 bits per heavy atom. The van der Waals surface area contributed by atoms with E-state index in [1.165, 1.54) is 6.33 Å². The third kappa shape index (κ3) is 2.10. The van der Waals surface area contributed by atoms with Crippen LogP contribution in [0.15, 0.2) is 12.4 Å². The first-order chi connectivity index (χ1) is 9.69. The van der Waals surface area contributed by atoms with E-state index in [9.17, 15) is 5.26 Å². The maximum Gasteiger partial charge on any atom is 0.167 e. The Morgan fingerprint density at radius 3 is 2.70 bits per heavy atom. The van der Waals surface area contributed by atoms with Crippen LogP contribution in [0.4, 0.5) is 11.6 Å². The lowest BCUT2D eigenvalue weighted by Crippen LogP contribution is -2.45. The summed E-state index contributed by atoms with van der Waals surface area (Å²) in [7, 11) is 2.09. The van der Waals surface area contributed by atoms with Gasteiger partial charge in [0.25, 0.3) is 0 Å². The summed E-state index contributed by atoms with van der Waals surface area (Å²) >= 11 is 0. The van der Waals surface area contributed by atoms with Crippen LogP contribution < -0.4 is 10.6 Å². The molecule has 2 aromatic rings. The van der Waals surface area contributed by atoms with Crippen molar-refractivity contribution < 1.29 is 0 Å². The van der Waals surface area contributed by atoms with Gasteiger partial charge in [0.1, 0.15) is 24.0 Å². The lowest BCUT2D eigenvalue weighted by molar-refractivity contribution is 0.312. The summed E-state index contributed by atoms with van der Waals surface area (Å²) in [5.41, 5.74) is 6.86. The van der Waals surface area contributed by atoms with Gasteiger partial charge < -0.3 is 15.5 Å². The quantitative estimate of drug-likeness (QED) is 0.791. The average molecular weight is 269 g/mol. The van der Waals surface area contributed by atoms with Gasteiger partial charge in [0.2, 0.25) is 0 Å². The summed E-state index contributed by atoms with van der Waals surface area (Å²) < 4.78 is 0. The number of hydrogen-bond donors (Lipinski definition) is 1. The maximum atomic E-state index is 9.34. The molecule has 0 saturated carbocycles. The second-order valence-corrected chi connectivity index (χ2v) is 4.89. The predicted octanol–water partition coefficient (Wildman–Crippen LogP) is 0.230. The molecule has 0 unspecified atom stereocenters. The average Bonchev–Trinajstić information content (AvgIpc) is 2.47. The van der Waals surface area contributed by atoms with E-state index in [4.69, 9.17) is 5.73 Å². The standard InChI is InChI=1S/C13H15N7/c1-19-2-4-20(5-3-19)13-9(7-14)6-10-11(15)16-8-17-12(10)18-13/h6,8H,2-5H2,1H3,(H2,15,16,17,18). The highest BCUT2D eigenvalue weighted by molar-refractivity contribution is 5.88. The van der Waals surface area contributed by atoms with Crippen molar-refractivity contribution in [2.45, 2.75) is 0 Å². The summed E-state index contributed by atoms with van der Waals surface area (Å²) in [6.45, 7) is 3.61. The van der Waals surface area contributed by atoms with Gasteiger partial charge in [-0.2, -0.15) is 5.26 Å². The second kappa shape index (κ2) is 4.90. The smallest absolute Gasteiger partial charge is 0.167 e. The molecule has 0 spiro atoms. The molecule has 102 valence electrons. The molecule has 7 nitrogen and oxygen atoms in total. The van der Waals surface area contributed by atoms with Crippen LogP contribution in [-0.4, -0.2) is 53.1 Å². The number of pyridine rings is 1. The third-order valence-corrected chi connectivity index (χ3v) is 3.56. The minimum absolute atomic E-state index is 0.351. The second-order valence-electron chi connectivity index (χ2n) is 4.89. The van der Waals surface area contributed by atoms with Gasteiger partial charge in [-0.15, -0.1) is 0 Å². The number of aromatic nitrogens is 3. The number of piperazine rings is 1. The molecule has 2 aromatic heterocycles. The van der Waals surface area contributed by atoms with Crippen LogP contribution in [0.5, 0.6) is 0 Å². The number of nitrogens with zero attached hydrogens (tertiary/aromatic N) is 6. The van der Waals surface area contributed by atoms with Crippen molar-refractivity contribution >= 4 is 22.7 Å². The molecule has 20 heavy (non-hydrogen) atoms. The molecule has 2 N–H and O–H groups in total. The Bertz CT molecular complexity index is 683. The molecule has 1 aliphatic heterocycles. The summed E-state index contributed by atoms with van der Waals surface area (Å²) in [4.78, 5) is 17.0. The number of anilines is 2. The van der Waals surface area contributed by atoms with E-state index in [-0.39, 0.29) is 0 Å². The van der Waals surface area contributed by atoms with Gasteiger partial charge in [-0.25, -0.2) is 15.0 Å². The Labute approximate surface area is 116 Å². The van der Waals surface area contributed by atoms with E-state index < -0.39 is 0 Å². The van der Waals surface area contributed by atoms with Crippen LogP contribution >= 0.6 is 0 Å². The lowest BCUT2D eigenvalue weighted by atomic mass is 10.2. The van der Waals surface area contributed by atoms with Gasteiger partial charge in [0, 0.05) is 26.2 Å². The van der Waals surface area contributed by atoms with Crippen LogP contribution in [0.3, 0.4) is 0 Å². The number of nitrogens with two attached hydrogens (primary N) is 1. The number of hydrogen-bond acceptors (Lipinski definition) is 7. The van der Waals surface area contributed by atoms with Crippen LogP contribution in [-0.2, 0) is 0 Å². The van der Waals surface area contributed by atoms with Gasteiger partial charge in [-0.1, -0.05) is 0 Å². The summed E-state index contributed by atoms with van der Waals surface area (Å²) in [5, 5.41) is 9.97. The number of likely N-dealkylation sites (N-methyl/N-ethyl adjacent to an activating group) is 1. The topological polar surface area (TPSA) is 95.0 Å². The molecule has 0 radical (unpaired) electrons. The van der Waals surface area contributed by atoms with Gasteiger partial charge in [-0.3, -0.25) is 0 Å². The normalized spacial score (nSPS) is 16.3. The number of rotatable bonds is 1. The van der Waals surface area contributed by atoms with Gasteiger partial charge in [-0.05, 0) is 13.1 Å². The highest BCUT2D eigenvalue weighted by Crippen LogP contribution is 2.24. The Balaban J connectivity index is 2.08. The molecule has 0 aromatic carbocycles. The van der Waals surface area contributed by atoms with Crippen molar-refractivity contribution in [2.75, 3.05) is 43.9 Å². The van der Waals surface area contributed by atoms with E-state index in [0.29, 0.717) is 28.2 Å². The van der Waals surface area contributed by atoms with Crippen LogP contribution in [0.2, 0.25) is 0 Å². The van der Waals surface area contributed by atoms with E-state index in [1.54, 1.807) is 6.07 Å². The molecule has 1 fully saturated rings. The molecule has 1 aliphatic rings. The molecule has 1 saturated heterocycles. The monoisotopic (exact) mass is 269 g/mol. The van der Waals surface area contributed by atoms with Crippen molar-refractivity contribution in [3.05, 3.63) is 18.0 Å². The SMILES string of the molecule is CN1CCN(c2nc3ncnc(N)c3cc2C#N)CC1. The van der Waals surface area contributed by atoms with Gasteiger partial charge in [0.15, 0.2) is 5.65 Å². The van der Waals surface area contributed by atoms with E-state index in [1.807, 2.05) is 0 Å². The van der Waals surface area contributed by atoms with E-state index in [2.05, 4.69) is 37.9 Å². The number of nitrogen functional groups attached to an aromatic ring is 1. The van der Waals surface area contributed by atoms with Crippen molar-refractivity contribution in [1.82, 2.24) is 19.9 Å². The number of fused-ring (bicyclic) bond motifs is 1. The minimum atomic E-state index is 0.351. The molecule has 0 bridgehead atoms. The third-order valence-electron chi connectivity index (χ3n) is 3.56. The first kappa shape index (κ1) is 12.6. The fourth-order valence-electron chi connectivity index (χ4n) is 2.34. The highest BCUT2D eigenvalue weighted by atomic mass is 15.3. The molecular weight excluding hydrogens is 254 g/mol. The van der Waals surface area contributed by atoms with E-state index >= 15 is 0 Å². The van der Waals surface area contributed by atoms with Crippen molar-refractivity contribution in [2.24, 2.45) is 0 Å². The maximum absolute atomic E-state index is 9.34. The van der Waals surface area contributed by atoms with Gasteiger partial charge >= 0.3 is 0 Å². The molecule has 3 heterocycles. The van der Waals surface area contributed by atoms with E-state index in [0.717, 1.165) is 26.2 Å². The summed E-state index contributed by atoms with van der Waals surface area (Å²) in [6.07, 6.45) is 1.39. The van der Waals surface area contributed by atoms with Crippen LogP contribution in [0.1, 0.15) is 5.56 Å². The van der Waals surface area contributed by atoms with Crippen molar-refractivity contribution in [1.29, 1.82) is 5.26 Å².